The summed E-state index contributed by atoms with van der Waals surface area (Å²) in [5.41, 5.74) is 1.50. The first-order valence-corrected chi connectivity index (χ1v) is 10.2. The van der Waals surface area contributed by atoms with Crippen LogP contribution in [0.5, 0.6) is 17.6 Å². The lowest BCUT2D eigenvalue weighted by Gasteiger charge is -2.13. The summed E-state index contributed by atoms with van der Waals surface area (Å²) in [6.45, 7) is 7.43. The fourth-order valence-electron chi connectivity index (χ4n) is 2.90. The lowest BCUT2D eigenvalue weighted by molar-refractivity contribution is 0.277. The Morgan fingerprint density at radius 2 is 1.79 bits per heavy atom. The second-order valence-corrected chi connectivity index (χ2v) is 7.16. The number of ether oxygens (including phenoxy) is 2. The van der Waals surface area contributed by atoms with E-state index in [1.807, 2.05) is 48.5 Å². The number of rotatable bonds is 12. The van der Waals surface area contributed by atoms with Crippen molar-refractivity contribution in [3.63, 3.8) is 0 Å². The van der Waals surface area contributed by atoms with Crippen molar-refractivity contribution >= 4 is 11.1 Å². The zero-order valence-electron chi connectivity index (χ0n) is 16.8. The Hall–Kier alpha value is -2.53. The van der Waals surface area contributed by atoms with E-state index < -0.39 is 0 Å². The number of hydrogen-bond donors (Lipinski definition) is 1. The van der Waals surface area contributed by atoms with E-state index in [9.17, 15) is 0 Å². The monoisotopic (exact) mass is 382 g/mol. The van der Waals surface area contributed by atoms with Crippen LogP contribution in [-0.4, -0.2) is 24.7 Å². The summed E-state index contributed by atoms with van der Waals surface area (Å²) >= 11 is 0. The number of para-hydroxylation sites is 2. The van der Waals surface area contributed by atoms with Gasteiger partial charge in [-0.05, 0) is 74.7 Å². The molecule has 1 heterocycles. The number of oxazole rings is 1. The van der Waals surface area contributed by atoms with Crippen molar-refractivity contribution < 1.29 is 13.9 Å². The Labute approximate surface area is 167 Å². The van der Waals surface area contributed by atoms with E-state index in [2.05, 4.69) is 24.1 Å². The molecule has 0 amide bonds. The predicted molar refractivity (Wildman–Crippen MR) is 112 cm³/mol. The quantitative estimate of drug-likeness (QED) is 0.401. The zero-order valence-corrected chi connectivity index (χ0v) is 16.8. The Bertz CT molecular complexity index is 796. The minimum Gasteiger partial charge on any atom is -0.494 e. The normalized spacial score (nSPS) is 12.2. The lowest BCUT2D eigenvalue weighted by atomic mass is 10.0. The molecular formula is C23H30N2O3. The number of unbranched alkanes of at least 4 members (excludes halogenated alkanes) is 1. The lowest BCUT2D eigenvalue weighted by Crippen LogP contribution is -2.19. The minimum atomic E-state index is 0.247. The molecule has 0 aliphatic carbocycles. The van der Waals surface area contributed by atoms with Crippen LogP contribution in [0.15, 0.2) is 52.9 Å². The van der Waals surface area contributed by atoms with E-state index in [0.717, 1.165) is 37.4 Å². The Balaban J connectivity index is 1.38. The summed E-state index contributed by atoms with van der Waals surface area (Å²) < 4.78 is 17.1. The van der Waals surface area contributed by atoms with E-state index in [-0.39, 0.29) is 6.08 Å². The van der Waals surface area contributed by atoms with Crippen LogP contribution in [0.25, 0.3) is 11.1 Å². The van der Waals surface area contributed by atoms with Gasteiger partial charge in [-0.2, -0.15) is 4.98 Å². The van der Waals surface area contributed by atoms with Crippen molar-refractivity contribution in [1.29, 1.82) is 0 Å². The highest BCUT2D eigenvalue weighted by Crippen LogP contribution is 2.26. The summed E-state index contributed by atoms with van der Waals surface area (Å²) in [5, 5.41) is 3.49. The van der Waals surface area contributed by atoms with Crippen LogP contribution < -0.4 is 14.8 Å². The van der Waals surface area contributed by atoms with Crippen molar-refractivity contribution in [2.75, 3.05) is 19.7 Å². The van der Waals surface area contributed by atoms with Crippen LogP contribution in [0.2, 0.25) is 0 Å². The van der Waals surface area contributed by atoms with Gasteiger partial charge in [-0.25, -0.2) is 0 Å². The molecule has 0 radical (unpaired) electrons. The first kappa shape index (κ1) is 20.2. The zero-order chi connectivity index (χ0) is 19.6. The highest BCUT2D eigenvalue weighted by atomic mass is 16.6. The molecule has 5 nitrogen and oxygen atoms in total. The molecule has 0 aliphatic rings. The fraction of sp³-hybridized carbons (Fsp3) is 0.435. The predicted octanol–water partition coefficient (Wildman–Crippen LogP) is 5.80. The van der Waals surface area contributed by atoms with Crippen LogP contribution in [-0.2, 0) is 0 Å². The molecule has 3 rings (SSSR count). The first-order chi connectivity index (χ1) is 13.7. The van der Waals surface area contributed by atoms with Gasteiger partial charge in [-0.15, -0.1) is 0 Å². The van der Waals surface area contributed by atoms with Crippen LogP contribution in [0, 0.1) is 5.92 Å². The highest BCUT2D eigenvalue weighted by Gasteiger charge is 2.08. The molecule has 0 fully saturated rings. The second-order valence-electron chi connectivity index (χ2n) is 7.16. The van der Waals surface area contributed by atoms with E-state index in [4.69, 9.17) is 13.9 Å². The first-order valence-electron chi connectivity index (χ1n) is 10.2. The average Bonchev–Trinajstić information content (AvgIpc) is 3.11. The van der Waals surface area contributed by atoms with Gasteiger partial charge in [0.25, 0.3) is 0 Å². The number of aromatic nitrogens is 1. The van der Waals surface area contributed by atoms with Crippen molar-refractivity contribution in [3.05, 3.63) is 48.5 Å². The van der Waals surface area contributed by atoms with E-state index in [1.165, 1.54) is 19.3 Å². The van der Waals surface area contributed by atoms with E-state index in [1.54, 1.807) is 0 Å². The number of hydrogen-bond acceptors (Lipinski definition) is 5. The topological polar surface area (TPSA) is 56.5 Å². The third-order valence-electron chi connectivity index (χ3n) is 4.70. The summed E-state index contributed by atoms with van der Waals surface area (Å²) in [6.07, 6.45) is 4.98. The molecule has 2 aromatic carbocycles. The van der Waals surface area contributed by atoms with Gasteiger partial charge in [-0.3, -0.25) is 0 Å². The van der Waals surface area contributed by atoms with E-state index >= 15 is 0 Å². The molecule has 5 heteroatoms. The molecular weight excluding hydrogens is 352 g/mol. The highest BCUT2D eigenvalue weighted by molar-refractivity contribution is 5.72. The van der Waals surface area contributed by atoms with Crippen molar-refractivity contribution in [1.82, 2.24) is 10.3 Å². The number of nitrogens with zero attached hydrogens (tertiary/aromatic N) is 1. The van der Waals surface area contributed by atoms with Crippen LogP contribution in [0.4, 0.5) is 0 Å². The van der Waals surface area contributed by atoms with Crippen molar-refractivity contribution in [2.45, 2.75) is 39.5 Å². The summed E-state index contributed by atoms with van der Waals surface area (Å²) in [5.74, 6) is 2.17. The number of nitrogens with one attached hydrogen (secondary N) is 1. The summed E-state index contributed by atoms with van der Waals surface area (Å²) in [7, 11) is 0. The van der Waals surface area contributed by atoms with E-state index in [0.29, 0.717) is 17.3 Å². The number of fused-ring (bicyclic) bond motifs is 1. The van der Waals surface area contributed by atoms with Crippen molar-refractivity contribution in [3.8, 4) is 17.6 Å². The van der Waals surface area contributed by atoms with Gasteiger partial charge in [0.1, 0.15) is 17.0 Å². The molecule has 0 spiro atoms. The van der Waals surface area contributed by atoms with Crippen molar-refractivity contribution in [2.24, 2.45) is 5.92 Å². The summed E-state index contributed by atoms with van der Waals surface area (Å²) in [4.78, 5) is 4.31. The molecule has 150 valence electrons. The SMILES string of the molecule is CCCCNCCC(C)CCOc1ccc(Oc2nc3ccccc3o2)cc1. The van der Waals surface area contributed by atoms with Gasteiger partial charge in [-0.1, -0.05) is 32.4 Å². The average molecular weight is 383 g/mol. The molecule has 3 aromatic rings. The molecule has 0 saturated carbocycles. The van der Waals surface area contributed by atoms with Crippen LogP contribution >= 0.6 is 0 Å². The van der Waals surface area contributed by atoms with Crippen LogP contribution in [0.3, 0.4) is 0 Å². The molecule has 28 heavy (non-hydrogen) atoms. The Morgan fingerprint density at radius 3 is 2.57 bits per heavy atom. The molecule has 1 unspecified atom stereocenters. The molecule has 1 N–H and O–H groups in total. The van der Waals surface area contributed by atoms with Gasteiger partial charge in [0, 0.05) is 0 Å². The Kier molecular flexibility index (Phi) is 7.73. The van der Waals surface area contributed by atoms with Gasteiger partial charge in [0.15, 0.2) is 5.58 Å². The smallest absolute Gasteiger partial charge is 0.400 e. The second kappa shape index (κ2) is 10.7. The third-order valence-corrected chi connectivity index (χ3v) is 4.70. The standard InChI is InChI=1S/C23H30N2O3/c1-3-4-15-24-16-13-18(2)14-17-26-19-9-11-20(12-10-19)27-23-25-21-7-5-6-8-22(21)28-23/h5-12,18,24H,3-4,13-17H2,1-2H3. The molecule has 1 atom stereocenters. The van der Waals surface area contributed by atoms with Gasteiger partial charge in [0.05, 0.1) is 6.61 Å². The minimum absolute atomic E-state index is 0.247. The fourth-order valence-corrected chi connectivity index (χ4v) is 2.90. The maximum atomic E-state index is 5.86. The third kappa shape index (κ3) is 6.27. The number of benzene rings is 2. The molecule has 0 aliphatic heterocycles. The maximum Gasteiger partial charge on any atom is 0.400 e. The summed E-state index contributed by atoms with van der Waals surface area (Å²) in [6, 6.07) is 15.2. The molecule has 0 bridgehead atoms. The molecule has 1 aromatic heterocycles. The van der Waals surface area contributed by atoms with Crippen LogP contribution in [0.1, 0.15) is 39.5 Å². The van der Waals surface area contributed by atoms with Gasteiger partial charge >= 0.3 is 6.08 Å². The van der Waals surface area contributed by atoms with Gasteiger partial charge in [0.2, 0.25) is 0 Å². The Morgan fingerprint density at radius 1 is 1.00 bits per heavy atom. The molecule has 0 saturated heterocycles. The van der Waals surface area contributed by atoms with Gasteiger partial charge < -0.3 is 19.2 Å². The largest absolute Gasteiger partial charge is 0.494 e. The maximum absolute atomic E-state index is 5.86.